The van der Waals surface area contributed by atoms with Gasteiger partial charge >= 0.3 is 0 Å². The molecule has 3 aromatic rings. The van der Waals surface area contributed by atoms with E-state index >= 15 is 0 Å². The van der Waals surface area contributed by atoms with Crippen LogP contribution < -0.4 is 10.5 Å². The Balaban J connectivity index is 1.87. The number of pyridine rings is 1. The van der Waals surface area contributed by atoms with Crippen molar-refractivity contribution in [2.24, 2.45) is 5.73 Å². The summed E-state index contributed by atoms with van der Waals surface area (Å²) < 4.78 is 5.26. The lowest BCUT2D eigenvalue weighted by atomic mass is 10.2. The van der Waals surface area contributed by atoms with E-state index in [0.717, 1.165) is 22.9 Å². The van der Waals surface area contributed by atoms with Gasteiger partial charge in [-0.15, -0.1) is 0 Å². The Kier molecular flexibility index (Phi) is 5.74. The summed E-state index contributed by atoms with van der Waals surface area (Å²) in [5, 5.41) is 8.23. The maximum atomic E-state index is 13.0. The zero-order valence-corrected chi connectivity index (χ0v) is 15.9. The van der Waals surface area contributed by atoms with Crippen molar-refractivity contribution in [1.82, 2.24) is 14.9 Å². The molecule has 1 aromatic carbocycles. The Labute approximate surface area is 163 Å². The highest BCUT2D eigenvalue weighted by atomic mass is 16.5. The third-order valence-corrected chi connectivity index (χ3v) is 4.52. The van der Waals surface area contributed by atoms with Crippen LogP contribution in [0.1, 0.15) is 28.7 Å². The molecular weight excluding hydrogens is 354 g/mol. The fraction of sp³-hybridized carbons (Fsp3) is 0.190. The van der Waals surface area contributed by atoms with E-state index in [1.807, 2.05) is 37.3 Å². The van der Waals surface area contributed by atoms with Gasteiger partial charge in [-0.25, -0.2) is 4.98 Å². The monoisotopic (exact) mass is 377 g/mol. The number of carbonyl (C=O) groups excluding carboxylic acids is 1. The molecule has 2 aromatic heterocycles. The first kappa shape index (κ1) is 19.2. The molecule has 0 atom stereocenters. The van der Waals surface area contributed by atoms with Crippen molar-refractivity contribution >= 4 is 28.7 Å². The number of nitrogens with two attached hydrogens (primary N) is 1. The maximum Gasteiger partial charge on any atom is 0.270 e. The van der Waals surface area contributed by atoms with Gasteiger partial charge in [-0.1, -0.05) is 12.1 Å². The van der Waals surface area contributed by atoms with Gasteiger partial charge in [0.15, 0.2) is 0 Å². The summed E-state index contributed by atoms with van der Waals surface area (Å²) in [6.07, 6.45) is 2.49. The second-order valence-electron chi connectivity index (χ2n) is 6.25. The van der Waals surface area contributed by atoms with Crippen molar-refractivity contribution < 1.29 is 9.53 Å². The summed E-state index contributed by atoms with van der Waals surface area (Å²) in [5.41, 5.74) is 8.67. The summed E-state index contributed by atoms with van der Waals surface area (Å²) in [6, 6.07) is 13.1. The van der Waals surface area contributed by atoms with Gasteiger partial charge in [0.2, 0.25) is 0 Å². The van der Waals surface area contributed by atoms with Crippen LogP contribution in [-0.4, -0.2) is 40.6 Å². The number of H-pyrrole nitrogens is 1. The lowest BCUT2D eigenvalue weighted by molar-refractivity contribution is 0.0747. The summed E-state index contributed by atoms with van der Waals surface area (Å²) in [6.45, 7) is 2.99. The van der Waals surface area contributed by atoms with E-state index < -0.39 is 0 Å². The van der Waals surface area contributed by atoms with Crippen LogP contribution in [0.3, 0.4) is 0 Å². The number of aromatic nitrogens is 2. The number of amides is 1. The largest absolute Gasteiger partial charge is 0.497 e. The van der Waals surface area contributed by atoms with E-state index in [1.54, 1.807) is 24.1 Å². The Morgan fingerprint density at radius 1 is 1.32 bits per heavy atom. The second kappa shape index (κ2) is 8.39. The molecule has 7 heteroatoms. The smallest absolute Gasteiger partial charge is 0.270 e. The normalized spacial score (nSPS) is 11.4. The lowest BCUT2D eigenvalue weighted by Gasteiger charge is -2.20. The molecule has 2 heterocycles. The van der Waals surface area contributed by atoms with Crippen molar-refractivity contribution in [1.29, 1.82) is 5.41 Å². The molecule has 0 saturated heterocycles. The Bertz CT molecular complexity index is 1040. The summed E-state index contributed by atoms with van der Waals surface area (Å²) in [4.78, 5) is 22.3. The molecule has 3 rings (SSSR count). The summed E-state index contributed by atoms with van der Waals surface area (Å²) in [5.74, 6) is 0.657. The first-order chi connectivity index (χ1) is 13.6. The van der Waals surface area contributed by atoms with E-state index in [2.05, 4.69) is 9.97 Å². The van der Waals surface area contributed by atoms with E-state index in [1.165, 1.54) is 6.20 Å². The number of carbonyl (C=O) groups is 1. The number of hydrogen-bond donors (Lipinski definition) is 3. The van der Waals surface area contributed by atoms with Gasteiger partial charge in [0, 0.05) is 36.5 Å². The summed E-state index contributed by atoms with van der Waals surface area (Å²) in [7, 11) is 1.62. The minimum Gasteiger partial charge on any atom is -0.497 e. The number of rotatable bonds is 7. The average Bonchev–Trinajstić information content (AvgIpc) is 3.16. The number of hydrogen-bond acceptors (Lipinski definition) is 5. The molecule has 4 N–H and O–H groups in total. The van der Waals surface area contributed by atoms with Crippen molar-refractivity contribution in [2.75, 3.05) is 13.7 Å². The molecular formula is C21H23N5O2. The summed E-state index contributed by atoms with van der Waals surface area (Å²) >= 11 is 0. The van der Waals surface area contributed by atoms with Crippen LogP contribution in [0.4, 0.5) is 0 Å². The Hall–Kier alpha value is -3.61. The number of aromatic amines is 1. The molecule has 28 heavy (non-hydrogen) atoms. The number of fused-ring (bicyclic) bond motifs is 1. The van der Waals surface area contributed by atoms with Gasteiger partial charge in [0.05, 0.1) is 12.8 Å². The van der Waals surface area contributed by atoms with Gasteiger partial charge in [0.1, 0.15) is 17.1 Å². The molecule has 0 fully saturated rings. The molecule has 0 aliphatic carbocycles. The van der Waals surface area contributed by atoms with Gasteiger partial charge < -0.3 is 25.8 Å². The zero-order valence-electron chi connectivity index (χ0n) is 15.9. The molecule has 0 unspecified atom stereocenters. The SMILES string of the molecule is CCN(Cc1cccc(OC)c1)C(=O)c1cc2ccc(/C(C=N)=C/N)nc2[nH]1. The molecule has 0 aliphatic rings. The van der Waals surface area contributed by atoms with Crippen molar-refractivity contribution in [3.05, 3.63) is 65.6 Å². The highest BCUT2D eigenvalue weighted by molar-refractivity contribution is 6.08. The number of allylic oxidation sites excluding steroid dienone is 1. The van der Waals surface area contributed by atoms with Crippen LogP contribution in [0.15, 0.2) is 48.7 Å². The van der Waals surface area contributed by atoms with E-state index in [9.17, 15) is 4.79 Å². The number of methoxy groups -OCH3 is 1. The number of nitrogens with one attached hydrogen (secondary N) is 2. The van der Waals surface area contributed by atoms with Crippen molar-refractivity contribution in [3.63, 3.8) is 0 Å². The molecule has 1 amide bonds. The molecule has 7 nitrogen and oxygen atoms in total. The predicted molar refractivity (Wildman–Crippen MR) is 110 cm³/mol. The lowest BCUT2D eigenvalue weighted by Crippen LogP contribution is -2.30. The van der Waals surface area contributed by atoms with Crippen LogP contribution in [-0.2, 0) is 6.54 Å². The molecule has 0 radical (unpaired) electrons. The first-order valence-corrected chi connectivity index (χ1v) is 8.94. The van der Waals surface area contributed by atoms with Gasteiger partial charge in [-0.3, -0.25) is 4.79 Å². The van der Waals surface area contributed by atoms with Crippen molar-refractivity contribution in [2.45, 2.75) is 13.5 Å². The number of benzene rings is 1. The van der Waals surface area contributed by atoms with Crippen LogP contribution in [0.5, 0.6) is 5.75 Å². The third-order valence-electron chi connectivity index (χ3n) is 4.52. The van der Waals surface area contributed by atoms with Crippen LogP contribution in [0, 0.1) is 5.41 Å². The first-order valence-electron chi connectivity index (χ1n) is 8.94. The Morgan fingerprint density at radius 3 is 2.82 bits per heavy atom. The fourth-order valence-electron chi connectivity index (χ4n) is 2.98. The quantitative estimate of drug-likeness (QED) is 0.550. The standard InChI is InChI=1S/C21H23N5O2/c1-3-26(13-14-5-4-6-17(9-14)28-2)21(27)19-10-15-7-8-18(16(11-22)12-23)24-20(15)25-19/h4-12,22H,3,13,23H2,1-2H3,(H,24,25)/b16-12+,22-11?. The topological polar surface area (TPSA) is 108 Å². The van der Waals surface area contributed by atoms with Crippen LogP contribution >= 0.6 is 0 Å². The van der Waals surface area contributed by atoms with Gasteiger partial charge in [-0.2, -0.15) is 0 Å². The highest BCUT2D eigenvalue weighted by Gasteiger charge is 2.18. The zero-order chi connectivity index (χ0) is 20.1. The molecule has 0 saturated carbocycles. The van der Waals surface area contributed by atoms with Crippen LogP contribution in [0.2, 0.25) is 0 Å². The molecule has 0 spiro atoms. The second-order valence-corrected chi connectivity index (χ2v) is 6.25. The number of nitrogens with zero attached hydrogens (tertiary/aromatic N) is 2. The minimum atomic E-state index is -0.105. The van der Waals surface area contributed by atoms with Gasteiger partial charge in [0.25, 0.3) is 5.91 Å². The molecule has 0 bridgehead atoms. The van der Waals surface area contributed by atoms with Gasteiger partial charge in [-0.05, 0) is 42.8 Å². The maximum absolute atomic E-state index is 13.0. The van der Waals surface area contributed by atoms with Crippen molar-refractivity contribution in [3.8, 4) is 5.75 Å². The van der Waals surface area contributed by atoms with E-state index in [4.69, 9.17) is 15.9 Å². The predicted octanol–water partition coefficient (Wildman–Crippen LogP) is 3.18. The third kappa shape index (κ3) is 3.88. The minimum absolute atomic E-state index is 0.105. The molecule has 0 aliphatic heterocycles. The highest BCUT2D eigenvalue weighted by Crippen LogP contribution is 2.20. The van der Waals surface area contributed by atoms with Crippen LogP contribution in [0.25, 0.3) is 16.6 Å². The molecule has 144 valence electrons. The fourth-order valence-corrected chi connectivity index (χ4v) is 2.98. The van der Waals surface area contributed by atoms with E-state index in [-0.39, 0.29) is 5.91 Å². The Morgan fingerprint density at radius 2 is 2.14 bits per heavy atom. The number of ether oxygens (including phenoxy) is 1. The van der Waals surface area contributed by atoms with E-state index in [0.29, 0.717) is 35.7 Å². The average molecular weight is 377 g/mol.